The fraction of sp³-hybridized carbons (Fsp3) is 0.417. The molecule has 1 aliphatic rings. The topological polar surface area (TPSA) is 51.0 Å². The van der Waals surface area contributed by atoms with Gasteiger partial charge in [-0.3, -0.25) is 0 Å². The van der Waals surface area contributed by atoms with E-state index in [-0.39, 0.29) is 6.10 Å². The highest BCUT2D eigenvalue weighted by molar-refractivity contribution is 5.84. The molecule has 2 rings (SSSR count). The Morgan fingerprint density at radius 3 is 3.12 bits per heavy atom. The second-order valence-corrected chi connectivity index (χ2v) is 3.81. The zero-order valence-electron chi connectivity index (χ0n) is 9.43. The minimum atomic E-state index is 0.200. The largest absolute Gasteiger partial charge is 0.493 e. The van der Waals surface area contributed by atoms with Gasteiger partial charge in [-0.1, -0.05) is 5.16 Å². The van der Waals surface area contributed by atoms with E-state index in [1.807, 2.05) is 26.0 Å². The molecular weight excluding hydrogens is 206 g/mol. The van der Waals surface area contributed by atoms with E-state index in [1.54, 1.807) is 0 Å². The lowest BCUT2D eigenvalue weighted by atomic mass is 10.1. The summed E-state index contributed by atoms with van der Waals surface area (Å²) in [5.41, 5.74) is 1.88. The molecule has 0 amide bonds. The SMILES string of the molecule is CCOc1cc2c(cc1/C=N/O)O[C@H](C)C2. The lowest BCUT2D eigenvalue weighted by Crippen LogP contribution is -2.05. The summed E-state index contributed by atoms with van der Waals surface area (Å²) in [6, 6.07) is 3.81. The predicted molar refractivity (Wildman–Crippen MR) is 60.8 cm³/mol. The average molecular weight is 221 g/mol. The van der Waals surface area contributed by atoms with Crippen molar-refractivity contribution in [1.82, 2.24) is 0 Å². The highest BCUT2D eigenvalue weighted by Gasteiger charge is 2.21. The molecular formula is C12H15NO3. The van der Waals surface area contributed by atoms with Gasteiger partial charge in [-0.05, 0) is 26.0 Å². The van der Waals surface area contributed by atoms with E-state index in [1.165, 1.54) is 6.21 Å². The molecule has 1 aliphatic heterocycles. The Balaban J connectivity index is 2.40. The number of hydrogen-bond acceptors (Lipinski definition) is 4. The van der Waals surface area contributed by atoms with Gasteiger partial charge in [0.05, 0.1) is 12.8 Å². The van der Waals surface area contributed by atoms with Crippen molar-refractivity contribution in [2.75, 3.05) is 6.61 Å². The van der Waals surface area contributed by atoms with Crippen LogP contribution in [0, 0.1) is 0 Å². The maximum atomic E-state index is 8.59. The summed E-state index contributed by atoms with van der Waals surface area (Å²) in [5.74, 6) is 1.59. The highest BCUT2D eigenvalue weighted by atomic mass is 16.5. The van der Waals surface area contributed by atoms with Crippen LogP contribution >= 0.6 is 0 Å². The third-order valence-corrected chi connectivity index (χ3v) is 2.53. The van der Waals surface area contributed by atoms with Gasteiger partial charge in [0, 0.05) is 17.5 Å². The summed E-state index contributed by atoms with van der Waals surface area (Å²) in [4.78, 5) is 0. The monoisotopic (exact) mass is 221 g/mol. The third kappa shape index (κ3) is 1.96. The van der Waals surface area contributed by atoms with Crippen molar-refractivity contribution in [2.45, 2.75) is 26.4 Å². The van der Waals surface area contributed by atoms with Gasteiger partial charge in [0.25, 0.3) is 0 Å². The highest BCUT2D eigenvalue weighted by Crippen LogP contribution is 2.34. The van der Waals surface area contributed by atoms with Crippen molar-refractivity contribution in [2.24, 2.45) is 5.16 Å². The van der Waals surface area contributed by atoms with Crippen LogP contribution in [0.3, 0.4) is 0 Å². The van der Waals surface area contributed by atoms with Crippen LogP contribution in [-0.4, -0.2) is 24.1 Å². The lowest BCUT2D eigenvalue weighted by molar-refractivity contribution is 0.254. The molecule has 0 bridgehead atoms. The quantitative estimate of drug-likeness (QED) is 0.483. The Morgan fingerprint density at radius 1 is 1.62 bits per heavy atom. The molecule has 4 heteroatoms. The van der Waals surface area contributed by atoms with Crippen LogP contribution < -0.4 is 9.47 Å². The number of rotatable bonds is 3. The van der Waals surface area contributed by atoms with Crippen LogP contribution in [0.1, 0.15) is 25.0 Å². The van der Waals surface area contributed by atoms with Gasteiger partial charge in [0.15, 0.2) is 0 Å². The molecule has 1 aromatic carbocycles. The molecule has 1 aromatic rings. The summed E-state index contributed by atoms with van der Waals surface area (Å²) in [7, 11) is 0. The van der Waals surface area contributed by atoms with Crippen LogP contribution in [0.15, 0.2) is 17.3 Å². The van der Waals surface area contributed by atoms with Crippen molar-refractivity contribution in [3.8, 4) is 11.5 Å². The van der Waals surface area contributed by atoms with Crippen molar-refractivity contribution >= 4 is 6.21 Å². The smallest absolute Gasteiger partial charge is 0.128 e. The second-order valence-electron chi connectivity index (χ2n) is 3.81. The van der Waals surface area contributed by atoms with E-state index in [9.17, 15) is 0 Å². The van der Waals surface area contributed by atoms with Gasteiger partial charge in [0.1, 0.15) is 17.6 Å². The summed E-state index contributed by atoms with van der Waals surface area (Å²) < 4.78 is 11.1. The van der Waals surface area contributed by atoms with Gasteiger partial charge in [-0.15, -0.1) is 0 Å². The Bertz CT molecular complexity index is 415. The summed E-state index contributed by atoms with van der Waals surface area (Å²) in [6.45, 7) is 4.54. The molecule has 0 radical (unpaired) electrons. The van der Waals surface area contributed by atoms with Crippen molar-refractivity contribution in [3.63, 3.8) is 0 Å². The number of hydrogen-bond donors (Lipinski definition) is 1. The Morgan fingerprint density at radius 2 is 2.44 bits per heavy atom. The molecule has 0 saturated carbocycles. The molecule has 0 unspecified atom stereocenters. The molecule has 0 spiro atoms. The lowest BCUT2D eigenvalue weighted by Gasteiger charge is -2.09. The van der Waals surface area contributed by atoms with Crippen LogP contribution in [0.4, 0.5) is 0 Å². The fourth-order valence-corrected chi connectivity index (χ4v) is 1.90. The number of benzene rings is 1. The van der Waals surface area contributed by atoms with Crippen molar-refractivity contribution in [3.05, 3.63) is 23.3 Å². The average Bonchev–Trinajstić information content (AvgIpc) is 2.58. The molecule has 4 nitrogen and oxygen atoms in total. The van der Waals surface area contributed by atoms with E-state index >= 15 is 0 Å². The molecule has 0 aromatic heterocycles. The molecule has 86 valence electrons. The minimum Gasteiger partial charge on any atom is -0.493 e. The maximum Gasteiger partial charge on any atom is 0.128 e. The first-order valence-corrected chi connectivity index (χ1v) is 5.38. The second kappa shape index (κ2) is 4.43. The number of ether oxygens (including phenoxy) is 2. The summed E-state index contributed by atoms with van der Waals surface area (Å²) in [6.07, 6.45) is 2.45. The first kappa shape index (κ1) is 10.8. The van der Waals surface area contributed by atoms with Gasteiger partial charge in [-0.25, -0.2) is 0 Å². The van der Waals surface area contributed by atoms with E-state index < -0.39 is 0 Å². The van der Waals surface area contributed by atoms with Crippen molar-refractivity contribution < 1.29 is 14.7 Å². The molecule has 1 N–H and O–H groups in total. The zero-order valence-corrected chi connectivity index (χ0v) is 9.43. The van der Waals surface area contributed by atoms with Crippen LogP contribution in [-0.2, 0) is 6.42 Å². The number of fused-ring (bicyclic) bond motifs is 1. The number of nitrogens with zero attached hydrogens (tertiary/aromatic N) is 1. The summed E-state index contributed by atoms with van der Waals surface area (Å²) in [5, 5.41) is 11.6. The molecule has 0 aliphatic carbocycles. The maximum absolute atomic E-state index is 8.59. The fourth-order valence-electron chi connectivity index (χ4n) is 1.90. The zero-order chi connectivity index (χ0) is 11.5. The molecule has 1 heterocycles. The van der Waals surface area contributed by atoms with Crippen molar-refractivity contribution in [1.29, 1.82) is 0 Å². The standard InChI is InChI=1S/C12H15NO3/c1-3-15-11-5-9-4-8(2)16-12(9)6-10(11)7-13-14/h5-8,14H,3-4H2,1-2H3/b13-7+/t8-/m1/s1. The Hall–Kier alpha value is -1.71. The van der Waals surface area contributed by atoms with E-state index in [4.69, 9.17) is 14.7 Å². The first-order valence-electron chi connectivity index (χ1n) is 5.38. The van der Waals surface area contributed by atoms with Crippen LogP contribution in [0.25, 0.3) is 0 Å². The minimum absolute atomic E-state index is 0.200. The summed E-state index contributed by atoms with van der Waals surface area (Å²) >= 11 is 0. The van der Waals surface area contributed by atoms with E-state index in [2.05, 4.69) is 5.16 Å². The van der Waals surface area contributed by atoms with E-state index in [0.29, 0.717) is 6.61 Å². The van der Waals surface area contributed by atoms with Gasteiger partial charge in [-0.2, -0.15) is 0 Å². The predicted octanol–water partition coefficient (Wildman–Crippen LogP) is 2.22. The molecule has 1 atom stereocenters. The van der Waals surface area contributed by atoms with Crippen LogP contribution in [0.2, 0.25) is 0 Å². The number of oxime groups is 1. The first-order chi connectivity index (χ1) is 7.74. The Kier molecular flexibility index (Phi) is 2.99. The molecule has 16 heavy (non-hydrogen) atoms. The molecule has 0 saturated heterocycles. The third-order valence-electron chi connectivity index (χ3n) is 2.53. The van der Waals surface area contributed by atoms with Gasteiger partial charge in [0.2, 0.25) is 0 Å². The van der Waals surface area contributed by atoms with Gasteiger partial charge >= 0.3 is 0 Å². The normalized spacial score (nSPS) is 18.5. The Labute approximate surface area is 94.5 Å². The van der Waals surface area contributed by atoms with Crippen LogP contribution in [0.5, 0.6) is 11.5 Å². The van der Waals surface area contributed by atoms with E-state index in [0.717, 1.165) is 29.0 Å². The molecule has 0 fully saturated rings. The van der Waals surface area contributed by atoms with Gasteiger partial charge < -0.3 is 14.7 Å².